The second kappa shape index (κ2) is 6.54. The zero-order valence-electron chi connectivity index (χ0n) is 11.0. The van der Waals surface area contributed by atoms with Gasteiger partial charge in [-0.1, -0.05) is 50.1 Å². The molecule has 3 nitrogen and oxygen atoms in total. The third-order valence-corrected chi connectivity index (χ3v) is 5.49. The summed E-state index contributed by atoms with van der Waals surface area (Å²) >= 11 is 8.77. The Bertz CT molecular complexity index is 739. The summed E-state index contributed by atoms with van der Waals surface area (Å²) in [7, 11) is 0. The molecule has 0 bridgehead atoms. The van der Waals surface area contributed by atoms with E-state index >= 15 is 0 Å². The third-order valence-electron chi connectivity index (χ3n) is 3.26. The Labute approximate surface area is 143 Å². The van der Waals surface area contributed by atoms with Crippen molar-refractivity contribution in [1.82, 2.24) is 10.4 Å². The second-order valence-corrected chi connectivity index (χ2v) is 7.55. The van der Waals surface area contributed by atoms with Gasteiger partial charge in [0, 0.05) is 15.4 Å². The third kappa shape index (κ3) is 3.35. The Morgan fingerprint density at radius 1 is 1.19 bits per heavy atom. The van der Waals surface area contributed by atoms with Gasteiger partial charge in [0.25, 0.3) is 0 Å². The van der Waals surface area contributed by atoms with Crippen LogP contribution in [-0.4, -0.2) is 4.98 Å². The number of hydrazine groups is 1. The van der Waals surface area contributed by atoms with Gasteiger partial charge in [-0.05, 0) is 29.8 Å². The number of aromatic nitrogens is 1. The molecular formula is C15H13Br2N3S. The van der Waals surface area contributed by atoms with E-state index in [1.165, 1.54) is 4.70 Å². The number of nitrogens with zero attached hydrogens (tertiary/aromatic N) is 1. The van der Waals surface area contributed by atoms with E-state index in [1.54, 1.807) is 11.3 Å². The first-order chi connectivity index (χ1) is 10.2. The van der Waals surface area contributed by atoms with E-state index in [2.05, 4.69) is 54.4 Å². The summed E-state index contributed by atoms with van der Waals surface area (Å²) in [6.45, 7) is 0. The minimum absolute atomic E-state index is 0.0213. The largest absolute Gasteiger partial charge is 0.271 e. The highest BCUT2D eigenvalue weighted by Crippen LogP contribution is 2.30. The van der Waals surface area contributed by atoms with Crippen LogP contribution in [0, 0.1) is 0 Å². The van der Waals surface area contributed by atoms with Gasteiger partial charge in [0.15, 0.2) is 0 Å². The predicted octanol–water partition coefficient (Wildman–Crippen LogP) is 4.57. The Balaban J connectivity index is 1.90. The first-order valence-corrected chi connectivity index (χ1v) is 8.83. The molecule has 3 N–H and O–H groups in total. The van der Waals surface area contributed by atoms with Crippen LogP contribution in [0.1, 0.15) is 16.6 Å². The number of thiazole rings is 1. The molecule has 1 aromatic heterocycles. The molecule has 108 valence electrons. The fourth-order valence-corrected chi connectivity index (χ4v) is 4.56. The number of hydrogen-bond donors (Lipinski definition) is 2. The van der Waals surface area contributed by atoms with Gasteiger partial charge in [-0.3, -0.25) is 11.3 Å². The van der Waals surface area contributed by atoms with Crippen molar-refractivity contribution < 1.29 is 0 Å². The lowest BCUT2D eigenvalue weighted by Crippen LogP contribution is -2.29. The van der Waals surface area contributed by atoms with Gasteiger partial charge in [-0.2, -0.15) is 0 Å². The van der Waals surface area contributed by atoms with Crippen molar-refractivity contribution in [3.63, 3.8) is 0 Å². The average molecular weight is 427 g/mol. The number of benzene rings is 2. The Morgan fingerprint density at radius 3 is 2.71 bits per heavy atom. The Morgan fingerprint density at radius 2 is 2.00 bits per heavy atom. The number of nitrogens with two attached hydrogens (primary N) is 1. The zero-order chi connectivity index (χ0) is 14.8. The van der Waals surface area contributed by atoms with Crippen LogP contribution in [-0.2, 0) is 6.42 Å². The maximum absolute atomic E-state index is 5.75. The van der Waals surface area contributed by atoms with Crippen LogP contribution in [0.5, 0.6) is 0 Å². The lowest BCUT2D eigenvalue weighted by Gasteiger charge is -2.16. The van der Waals surface area contributed by atoms with Crippen LogP contribution in [0.4, 0.5) is 0 Å². The van der Waals surface area contributed by atoms with Crippen molar-refractivity contribution in [3.05, 3.63) is 62.0 Å². The van der Waals surface area contributed by atoms with Crippen LogP contribution >= 0.6 is 43.2 Å². The summed E-state index contributed by atoms with van der Waals surface area (Å²) in [6, 6.07) is 14.3. The monoisotopic (exact) mass is 425 g/mol. The van der Waals surface area contributed by atoms with E-state index in [4.69, 9.17) is 5.84 Å². The Kier molecular flexibility index (Phi) is 4.71. The van der Waals surface area contributed by atoms with Crippen molar-refractivity contribution in [2.75, 3.05) is 0 Å². The van der Waals surface area contributed by atoms with E-state index in [0.717, 1.165) is 31.5 Å². The molecule has 1 atom stereocenters. The van der Waals surface area contributed by atoms with Crippen LogP contribution in [0.25, 0.3) is 10.2 Å². The van der Waals surface area contributed by atoms with Crippen molar-refractivity contribution in [2.24, 2.45) is 5.84 Å². The molecular weight excluding hydrogens is 414 g/mol. The van der Waals surface area contributed by atoms with Gasteiger partial charge >= 0.3 is 0 Å². The molecule has 0 fully saturated rings. The summed E-state index contributed by atoms with van der Waals surface area (Å²) < 4.78 is 3.27. The van der Waals surface area contributed by atoms with E-state index in [-0.39, 0.29) is 6.04 Å². The van der Waals surface area contributed by atoms with E-state index in [1.807, 2.05) is 30.3 Å². The predicted molar refractivity (Wildman–Crippen MR) is 95.2 cm³/mol. The summed E-state index contributed by atoms with van der Waals surface area (Å²) in [5.74, 6) is 5.75. The van der Waals surface area contributed by atoms with Gasteiger partial charge in [-0.15, -0.1) is 11.3 Å². The summed E-state index contributed by atoms with van der Waals surface area (Å²) in [5.41, 5.74) is 5.06. The van der Waals surface area contributed by atoms with Crippen molar-refractivity contribution in [1.29, 1.82) is 0 Å². The molecule has 3 aromatic rings. The van der Waals surface area contributed by atoms with Crippen LogP contribution in [0.2, 0.25) is 0 Å². The number of fused-ring (bicyclic) bond motifs is 1. The maximum atomic E-state index is 5.75. The first kappa shape index (κ1) is 15.1. The highest BCUT2D eigenvalue weighted by molar-refractivity contribution is 9.11. The van der Waals surface area contributed by atoms with E-state index in [0.29, 0.717) is 0 Å². The van der Waals surface area contributed by atoms with Crippen molar-refractivity contribution in [3.8, 4) is 0 Å². The minimum atomic E-state index is 0.0213. The van der Waals surface area contributed by atoms with Crippen molar-refractivity contribution in [2.45, 2.75) is 12.5 Å². The smallest absolute Gasteiger partial charge is 0.0958 e. The van der Waals surface area contributed by atoms with Gasteiger partial charge in [-0.25, -0.2) is 4.98 Å². The maximum Gasteiger partial charge on any atom is 0.0958 e. The highest BCUT2D eigenvalue weighted by atomic mass is 79.9. The fraction of sp³-hybridized carbons (Fsp3) is 0.133. The molecule has 0 spiro atoms. The molecule has 21 heavy (non-hydrogen) atoms. The van der Waals surface area contributed by atoms with Gasteiger partial charge in [0.05, 0.1) is 21.3 Å². The molecule has 0 aliphatic rings. The van der Waals surface area contributed by atoms with Crippen molar-refractivity contribution >= 4 is 53.4 Å². The minimum Gasteiger partial charge on any atom is -0.271 e. The molecule has 0 saturated heterocycles. The van der Waals surface area contributed by atoms with Gasteiger partial charge in [0.2, 0.25) is 0 Å². The molecule has 2 aromatic carbocycles. The van der Waals surface area contributed by atoms with Gasteiger partial charge < -0.3 is 0 Å². The molecule has 0 saturated carbocycles. The summed E-state index contributed by atoms with van der Waals surface area (Å²) in [4.78, 5) is 4.67. The number of hydrogen-bond acceptors (Lipinski definition) is 4. The van der Waals surface area contributed by atoms with E-state index in [9.17, 15) is 0 Å². The zero-order valence-corrected chi connectivity index (χ0v) is 15.0. The number of halogens is 2. The van der Waals surface area contributed by atoms with Gasteiger partial charge in [0.1, 0.15) is 0 Å². The number of nitrogens with one attached hydrogen (secondary N) is 1. The molecule has 6 heteroatoms. The Hall–Kier alpha value is -0.790. The first-order valence-electron chi connectivity index (χ1n) is 6.43. The molecule has 1 unspecified atom stereocenters. The highest BCUT2D eigenvalue weighted by Gasteiger charge is 2.16. The standard InChI is InChI=1S/C15H13Br2N3S/c16-9-5-6-10(11(17)7-9)13(20-18)8-15-19-12-3-1-2-4-14(12)21-15/h1-7,13,20H,8,18H2. The lowest BCUT2D eigenvalue weighted by atomic mass is 10.1. The lowest BCUT2D eigenvalue weighted by molar-refractivity contribution is 0.549. The normalized spacial score (nSPS) is 12.7. The number of para-hydroxylation sites is 1. The second-order valence-electron chi connectivity index (χ2n) is 4.66. The molecule has 0 aliphatic heterocycles. The molecule has 0 aliphatic carbocycles. The van der Waals surface area contributed by atoms with Crippen LogP contribution < -0.4 is 11.3 Å². The quantitative estimate of drug-likeness (QED) is 0.474. The fourth-order valence-electron chi connectivity index (χ4n) is 2.22. The molecule has 3 rings (SSSR count). The SMILES string of the molecule is NNC(Cc1nc2ccccc2s1)c1ccc(Br)cc1Br. The topological polar surface area (TPSA) is 50.9 Å². The van der Waals surface area contributed by atoms with Crippen LogP contribution in [0.3, 0.4) is 0 Å². The van der Waals surface area contributed by atoms with Crippen LogP contribution in [0.15, 0.2) is 51.4 Å². The van der Waals surface area contributed by atoms with E-state index < -0.39 is 0 Å². The molecule has 0 amide bonds. The number of rotatable bonds is 4. The molecule has 1 heterocycles. The summed E-state index contributed by atoms with van der Waals surface area (Å²) in [6.07, 6.45) is 0.760. The average Bonchev–Trinajstić information content (AvgIpc) is 2.87. The molecule has 0 radical (unpaired) electrons. The summed E-state index contributed by atoms with van der Waals surface area (Å²) in [5, 5.41) is 1.08.